The molecule has 2 aromatic rings. The van der Waals surface area contributed by atoms with Crippen LogP contribution in [0.4, 0.5) is 11.4 Å². The third kappa shape index (κ3) is 4.03. The Morgan fingerprint density at radius 2 is 1.59 bits per heavy atom. The molecule has 3 amide bonds. The molecule has 1 heterocycles. The Bertz CT molecular complexity index is 1050. The zero-order valence-electron chi connectivity index (χ0n) is 17.5. The van der Waals surface area contributed by atoms with E-state index in [1.807, 2.05) is 0 Å². The molecule has 32 heavy (non-hydrogen) atoms. The van der Waals surface area contributed by atoms with Crippen LogP contribution in [0.5, 0.6) is 11.5 Å². The number of imide groups is 1. The number of alkyl halides is 2. The molecule has 0 spiro atoms. The van der Waals surface area contributed by atoms with E-state index in [1.54, 1.807) is 49.6 Å². The van der Waals surface area contributed by atoms with Gasteiger partial charge in [0, 0.05) is 15.7 Å². The van der Waals surface area contributed by atoms with Crippen molar-refractivity contribution in [1.82, 2.24) is 0 Å². The lowest BCUT2D eigenvalue weighted by atomic mass is 9.81. The molecule has 168 valence electrons. The summed E-state index contributed by atoms with van der Waals surface area (Å²) in [5, 5.41) is 2.82. The van der Waals surface area contributed by atoms with Gasteiger partial charge in [0.15, 0.2) is 0 Å². The molecule has 0 unspecified atom stereocenters. The average Bonchev–Trinajstić information content (AvgIpc) is 3.03. The molecule has 4 atom stereocenters. The second kappa shape index (κ2) is 9.23. The van der Waals surface area contributed by atoms with Gasteiger partial charge in [0.1, 0.15) is 11.5 Å². The number of hydrogen-bond acceptors (Lipinski definition) is 5. The third-order valence-electron chi connectivity index (χ3n) is 5.96. The fourth-order valence-corrected chi connectivity index (χ4v) is 5.52. The fourth-order valence-electron chi connectivity index (χ4n) is 4.28. The van der Waals surface area contributed by atoms with E-state index in [-0.39, 0.29) is 27.0 Å². The lowest BCUT2D eigenvalue weighted by molar-refractivity contribution is -0.122. The Kier molecular flexibility index (Phi) is 6.57. The molecule has 1 aliphatic heterocycles. The number of methoxy groups -OCH3 is 2. The van der Waals surface area contributed by atoms with Crippen molar-refractivity contribution < 1.29 is 23.9 Å². The Morgan fingerprint density at radius 3 is 2.19 bits per heavy atom. The van der Waals surface area contributed by atoms with Crippen molar-refractivity contribution in [3.05, 3.63) is 48.0 Å². The smallest absolute Gasteiger partial charge is 0.257 e. The van der Waals surface area contributed by atoms with E-state index >= 15 is 0 Å². The summed E-state index contributed by atoms with van der Waals surface area (Å²) in [6.45, 7) is 0. The van der Waals surface area contributed by atoms with Crippen LogP contribution in [0.25, 0.3) is 0 Å². The van der Waals surface area contributed by atoms with Crippen LogP contribution in [-0.4, -0.2) is 41.6 Å². The summed E-state index contributed by atoms with van der Waals surface area (Å²) in [5.41, 5.74) is 0.973. The molecular weight excluding hydrogens is 544 g/mol. The Hall–Kier alpha value is -2.39. The fraction of sp³-hybridized carbons (Fsp3) is 0.348. The van der Waals surface area contributed by atoms with Gasteiger partial charge in [-0.25, -0.2) is 4.90 Å². The zero-order valence-corrected chi connectivity index (χ0v) is 20.7. The van der Waals surface area contributed by atoms with Crippen LogP contribution in [0, 0.1) is 11.8 Å². The summed E-state index contributed by atoms with van der Waals surface area (Å²) in [5.74, 6) is -0.724. The molecule has 7 nitrogen and oxygen atoms in total. The number of benzene rings is 2. The number of nitrogens with one attached hydrogen (secondary N) is 1. The van der Waals surface area contributed by atoms with Gasteiger partial charge in [-0.3, -0.25) is 14.4 Å². The summed E-state index contributed by atoms with van der Waals surface area (Å²) >= 11 is 7.20. The van der Waals surface area contributed by atoms with Crippen LogP contribution < -0.4 is 19.7 Å². The summed E-state index contributed by atoms with van der Waals surface area (Å²) in [7, 11) is 3.04. The van der Waals surface area contributed by atoms with Crippen molar-refractivity contribution in [2.75, 3.05) is 24.4 Å². The third-order valence-corrected chi connectivity index (χ3v) is 8.69. The predicted molar refractivity (Wildman–Crippen MR) is 128 cm³/mol. The highest BCUT2D eigenvalue weighted by Crippen LogP contribution is 2.45. The SMILES string of the molecule is COc1ccc(NC(=O)c2ccccc2N2C(=O)[C@@H]3C[C@H](Br)[C@@H](Br)C[C@H]3C2=O)c(OC)c1. The Balaban J connectivity index is 1.65. The summed E-state index contributed by atoms with van der Waals surface area (Å²) in [6, 6.07) is 11.7. The molecule has 2 aromatic carbocycles. The molecule has 0 bridgehead atoms. The van der Waals surface area contributed by atoms with Gasteiger partial charge >= 0.3 is 0 Å². The van der Waals surface area contributed by atoms with E-state index in [4.69, 9.17) is 9.47 Å². The molecule has 2 fully saturated rings. The van der Waals surface area contributed by atoms with Crippen molar-refractivity contribution in [2.45, 2.75) is 22.5 Å². The number of anilines is 2. The number of halogens is 2. The van der Waals surface area contributed by atoms with E-state index in [9.17, 15) is 14.4 Å². The largest absolute Gasteiger partial charge is 0.497 e. The summed E-state index contributed by atoms with van der Waals surface area (Å²) in [6.07, 6.45) is 1.14. The van der Waals surface area contributed by atoms with Crippen molar-refractivity contribution in [2.24, 2.45) is 11.8 Å². The van der Waals surface area contributed by atoms with E-state index < -0.39 is 17.7 Å². The molecule has 0 aromatic heterocycles. The monoisotopic (exact) mass is 564 g/mol. The normalized spacial score (nSPS) is 24.8. The first-order valence-electron chi connectivity index (χ1n) is 10.1. The lowest BCUT2D eigenvalue weighted by Gasteiger charge is -2.29. The molecule has 0 radical (unpaired) electrons. The number of hydrogen-bond donors (Lipinski definition) is 1. The van der Waals surface area contributed by atoms with Crippen LogP contribution in [0.15, 0.2) is 42.5 Å². The number of rotatable bonds is 5. The predicted octanol–water partition coefficient (Wildman–Crippen LogP) is 4.38. The highest BCUT2D eigenvalue weighted by molar-refractivity contribution is 9.12. The topological polar surface area (TPSA) is 84.9 Å². The van der Waals surface area contributed by atoms with E-state index in [1.165, 1.54) is 12.0 Å². The van der Waals surface area contributed by atoms with Crippen LogP contribution in [-0.2, 0) is 9.59 Å². The second-order valence-electron chi connectivity index (χ2n) is 7.77. The zero-order chi connectivity index (χ0) is 23.0. The molecular formula is C23H22Br2N2O5. The maximum atomic E-state index is 13.2. The number of ether oxygens (including phenoxy) is 2. The minimum atomic E-state index is -0.448. The van der Waals surface area contributed by atoms with Gasteiger partial charge in [-0.1, -0.05) is 44.0 Å². The molecule has 1 saturated heterocycles. The number of nitrogens with zero attached hydrogens (tertiary/aromatic N) is 1. The highest BCUT2D eigenvalue weighted by atomic mass is 79.9. The van der Waals surface area contributed by atoms with E-state index in [0.717, 1.165) is 0 Å². The number of carbonyl (C=O) groups excluding carboxylic acids is 3. The van der Waals surface area contributed by atoms with Crippen LogP contribution in [0.1, 0.15) is 23.2 Å². The van der Waals surface area contributed by atoms with Gasteiger partial charge in [0.2, 0.25) is 11.8 Å². The first-order valence-corrected chi connectivity index (χ1v) is 12.0. The minimum Gasteiger partial charge on any atom is -0.497 e. The molecule has 1 saturated carbocycles. The molecule has 9 heteroatoms. The molecule has 2 aliphatic rings. The Morgan fingerprint density at radius 1 is 0.969 bits per heavy atom. The quantitative estimate of drug-likeness (QED) is 0.429. The first-order chi connectivity index (χ1) is 15.3. The number of amides is 3. The van der Waals surface area contributed by atoms with Gasteiger partial charge in [-0.05, 0) is 37.1 Å². The van der Waals surface area contributed by atoms with Gasteiger partial charge in [-0.2, -0.15) is 0 Å². The van der Waals surface area contributed by atoms with Crippen molar-refractivity contribution >= 4 is 61.0 Å². The van der Waals surface area contributed by atoms with Gasteiger partial charge in [-0.15, -0.1) is 0 Å². The van der Waals surface area contributed by atoms with Crippen LogP contribution in [0.2, 0.25) is 0 Å². The van der Waals surface area contributed by atoms with Crippen molar-refractivity contribution in [3.8, 4) is 11.5 Å². The first kappa shape index (κ1) is 22.8. The van der Waals surface area contributed by atoms with Crippen LogP contribution >= 0.6 is 31.9 Å². The number of carbonyl (C=O) groups is 3. The van der Waals surface area contributed by atoms with Crippen molar-refractivity contribution in [1.29, 1.82) is 0 Å². The molecule has 1 N–H and O–H groups in total. The highest BCUT2D eigenvalue weighted by Gasteiger charge is 2.52. The number of fused-ring (bicyclic) bond motifs is 1. The van der Waals surface area contributed by atoms with Crippen LogP contribution in [0.3, 0.4) is 0 Å². The minimum absolute atomic E-state index is 0.113. The van der Waals surface area contributed by atoms with E-state index in [2.05, 4.69) is 37.2 Å². The maximum absolute atomic E-state index is 13.2. The molecule has 1 aliphatic carbocycles. The lowest BCUT2D eigenvalue weighted by Crippen LogP contribution is -2.34. The van der Waals surface area contributed by atoms with Gasteiger partial charge in [0.05, 0.1) is 43.0 Å². The second-order valence-corrected chi connectivity index (χ2v) is 10.1. The molecule has 4 rings (SSSR count). The Labute approximate surface area is 202 Å². The standard InChI is InChI=1S/C23H22Br2N2O5/c1-31-12-7-8-18(20(9-12)32-2)26-21(28)13-5-3-4-6-19(13)27-22(29)14-10-16(24)17(25)11-15(14)23(27)30/h3-9,14-17H,10-11H2,1-2H3,(H,26,28)/t14-,15-,16+,17+/m1/s1. The average molecular weight is 566 g/mol. The van der Waals surface area contributed by atoms with Gasteiger partial charge < -0.3 is 14.8 Å². The van der Waals surface area contributed by atoms with E-state index in [0.29, 0.717) is 35.7 Å². The summed E-state index contributed by atoms with van der Waals surface area (Å²) in [4.78, 5) is 41.0. The summed E-state index contributed by atoms with van der Waals surface area (Å²) < 4.78 is 10.5. The van der Waals surface area contributed by atoms with Crippen molar-refractivity contribution in [3.63, 3.8) is 0 Å². The number of para-hydroxylation sites is 1. The van der Waals surface area contributed by atoms with Gasteiger partial charge in [0.25, 0.3) is 5.91 Å². The maximum Gasteiger partial charge on any atom is 0.257 e.